The van der Waals surface area contributed by atoms with Gasteiger partial charge in [-0.25, -0.2) is 0 Å². The Kier molecular flexibility index (Phi) is 4.54. The van der Waals surface area contributed by atoms with Crippen molar-refractivity contribution in [2.75, 3.05) is 0 Å². The van der Waals surface area contributed by atoms with Gasteiger partial charge in [-0.1, -0.05) is 0 Å². The summed E-state index contributed by atoms with van der Waals surface area (Å²) < 4.78 is 0. The molecular formula is C7H9O2Y-. The third-order valence-electron chi connectivity index (χ3n) is 1.39. The molecule has 0 heterocycles. The molecule has 53 valence electrons. The fraction of sp³-hybridized carbons (Fsp3) is 0.571. The molecule has 0 aliphatic heterocycles. The first-order valence-corrected chi connectivity index (χ1v) is 3.03. The number of hydrogen-bond acceptors (Lipinski definition) is 2. The van der Waals surface area contributed by atoms with Crippen molar-refractivity contribution in [2.24, 2.45) is 0 Å². The summed E-state index contributed by atoms with van der Waals surface area (Å²) in [5.41, 5.74) is 0. The number of hydrogen-bond donors (Lipinski definition) is 0. The minimum absolute atomic E-state index is 0. The molecule has 10 heavy (non-hydrogen) atoms. The first-order chi connectivity index (χ1) is 4.18. The predicted molar refractivity (Wildman–Crippen MR) is 32.8 cm³/mol. The van der Waals surface area contributed by atoms with Crippen LogP contribution >= 0.6 is 0 Å². The van der Waals surface area contributed by atoms with Crippen LogP contribution in [-0.4, -0.2) is 11.6 Å². The van der Waals surface area contributed by atoms with Crippen LogP contribution in [0.15, 0.2) is 0 Å². The third kappa shape index (κ3) is 3.02. The van der Waals surface area contributed by atoms with Gasteiger partial charge in [0.15, 0.2) is 0 Å². The summed E-state index contributed by atoms with van der Waals surface area (Å²) in [5, 5.41) is 0. The van der Waals surface area contributed by atoms with E-state index in [4.69, 9.17) is 0 Å². The number of carbonyl (C=O) groups is 2. The number of Topliss-reactive ketones (excluding diaryl/α,β-unsaturated/α-hetero) is 2. The van der Waals surface area contributed by atoms with Crippen LogP contribution in [0.4, 0.5) is 0 Å². The van der Waals surface area contributed by atoms with Gasteiger partial charge in [-0.05, 0) is 0 Å². The summed E-state index contributed by atoms with van der Waals surface area (Å²) in [4.78, 5) is 21.3. The van der Waals surface area contributed by atoms with Crippen LogP contribution in [0.2, 0.25) is 0 Å². The van der Waals surface area contributed by atoms with Gasteiger partial charge in [0.1, 0.15) is 11.6 Å². The Morgan fingerprint density at radius 3 is 1.90 bits per heavy atom. The van der Waals surface area contributed by atoms with Crippen molar-refractivity contribution in [1.82, 2.24) is 0 Å². The van der Waals surface area contributed by atoms with Crippen LogP contribution in [0.1, 0.15) is 26.2 Å². The van der Waals surface area contributed by atoms with E-state index in [1.807, 2.05) is 6.92 Å². The van der Waals surface area contributed by atoms with Gasteiger partial charge in [0, 0.05) is 32.7 Å². The Balaban J connectivity index is 0.000000810. The van der Waals surface area contributed by atoms with E-state index in [2.05, 4.69) is 0 Å². The SMILES string of the molecule is C[C-]1CC(=O)CC(=O)C1.[Y]. The van der Waals surface area contributed by atoms with Crippen LogP contribution in [0.5, 0.6) is 0 Å². The second-order valence-corrected chi connectivity index (χ2v) is 2.56. The number of ketones is 2. The van der Waals surface area contributed by atoms with E-state index in [0.717, 1.165) is 5.92 Å². The number of carbonyl (C=O) groups excluding carboxylic acids is 2. The van der Waals surface area contributed by atoms with Gasteiger partial charge in [-0.15, -0.1) is 12.8 Å². The van der Waals surface area contributed by atoms with Gasteiger partial charge < -0.3 is 15.5 Å². The van der Waals surface area contributed by atoms with E-state index in [1.165, 1.54) is 0 Å². The van der Waals surface area contributed by atoms with Crippen molar-refractivity contribution in [3.05, 3.63) is 5.92 Å². The molecule has 1 radical (unpaired) electrons. The molecule has 1 fully saturated rings. The molecule has 0 bridgehead atoms. The van der Waals surface area contributed by atoms with E-state index in [9.17, 15) is 9.59 Å². The largest absolute Gasteiger partial charge is 0.303 e. The molecule has 0 aromatic heterocycles. The second-order valence-electron chi connectivity index (χ2n) is 2.56. The van der Waals surface area contributed by atoms with Gasteiger partial charge in [0.25, 0.3) is 0 Å². The summed E-state index contributed by atoms with van der Waals surface area (Å²) in [5.74, 6) is 1.16. The fourth-order valence-corrected chi connectivity index (χ4v) is 1.08. The Morgan fingerprint density at radius 2 is 1.60 bits per heavy atom. The van der Waals surface area contributed by atoms with E-state index in [0.29, 0.717) is 12.8 Å². The first-order valence-electron chi connectivity index (χ1n) is 3.03. The zero-order chi connectivity index (χ0) is 6.85. The Bertz CT molecular complexity index is 138. The Morgan fingerprint density at radius 1 is 1.20 bits per heavy atom. The zero-order valence-corrected chi connectivity index (χ0v) is 8.85. The molecule has 3 heteroatoms. The maximum Gasteiger partial charge on any atom is 0.111 e. The van der Waals surface area contributed by atoms with Gasteiger partial charge in [-0.3, -0.25) is 0 Å². The normalized spacial score (nSPS) is 20.5. The zero-order valence-electron chi connectivity index (χ0n) is 6.02. The summed E-state index contributed by atoms with van der Waals surface area (Å²) in [6, 6.07) is 0. The maximum absolute atomic E-state index is 10.6. The minimum atomic E-state index is 0. The summed E-state index contributed by atoms with van der Waals surface area (Å²) in [6.45, 7) is 1.86. The van der Waals surface area contributed by atoms with Crippen LogP contribution in [0.3, 0.4) is 0 Å². The molecule has 0 amide bonds. The van der Waals surface area contributed by atoms with Crippen molar-refractivity contribution in [1.29, 1.82) is 0 Å². The van der Waals surface area contributed by atoms with Crippen LogP contribution in [0.25, 0.3) is 0 Å². The summed E-state index contributed by atoms with van der Waals surface area (Å²) >= 11 is 0. The molecule has 0 saturated heterocycles. The minimum Gasteiger partial charge on any atom is -0.303 e. The molecule has 0 aromatic rings. The molecule has 0 N–H and O–H groups in total. The van der Waals surface area contributed by atoms with Crippen LogP contribution in [-0.2, 0) is 42.3 Å². The molecule has 0 unspecified atom stereocenters. The van der Waals surface area contributed by atoms with Gasteiger partial charge in [0.05, 0.1) is 6.42 Å². The summed E-state index contributed by atoms with van der Waals surface area (Å²) in [6.07, 6.45) is 1.20. The van der Waals surface area contributed by atoms with Gasteiger partial charge >= 0.3 is 0 Å². The van der Waals surface area contributed by atoms with Crippen molar-refractivity contribution in [2.45, 2.75) is 26.2 Å². The smallest absolute Gasteiger partial charge is 0.111 e. The molecule has 0 aromatic carbocycles. The first kappa shape index (κ1) is 10.4. The van der Waals surface area contributed by atoms with E-state index in [1.54, 1.807) is 0 Å². The molecule has 1 rings (SSSR count). The van der Waals surface area contributed by atoms with Gasteiger partial charge in [0.2, 0.25) is 0 Å². The molecular weight excluding hydrogens is 205 g/mol. The molecule has 2 nitrogen and oxygen atoms in total. The third-order valence-corrected chi connectivity index (χ3v) is 1.39. The quantitative estimate of drug-likeness (QED) is 0.443. The monoisotopic (exact) mass is 214 g/mol. The molecule has 0 atom stereocenters. The van der Waals surface area contributed by atoms with E-state index >= 15 is 0 Å². The van der Waals surface area contributed by atoms with Gasteiger partial charge in [-0.2, -0.15) is 6.92 Å². The predicted octanol–water partition coefficient (Wildman–Crippen LogP) is 0.900. The molecule has 0 spiro atoms. The number of rotatable bonds is 0. The average molecular weight is 214 g/mol. The van der Waals surface area contributed by atoms with Crippen molar-refractivity contribution >= 4 is 11.6 Å². The Labute approximate surface area is 85.6 Å². The molecule has 1 saturated carbocycles. The molecule has 1 aliphatic rings. The molecule has 1 aliphatic carbocycles. The van der Waals surface area contributed by atoms with Crippen LogP contribution in [0, 0.1) is 5.92 Å². The maximum atomic E-state index is 10.6. The fourth-order valence-electron chi connectivity index (χ4n) is 1.08. The van der Waals surface area contributed by atoms with Crippen molar-refractivity contribution < 1.29 is 42.3 Å². The van der Waals surface area contributed by atoms with E-state index in [-0.39, 0.29) is 50.7 Å². The standard InChI is InChI=1S/C7H9O2.Y/c1-5-2-6(8)4-7(9)3-5;/h2-4H2,1H3;/q-1;. The van der Waals surface area contributed by atoms with Crippen molar-refractivity contribution in [3.8, 4) is 0 Å². The summed E-state index contributed by atoms with van der Waals surface area (Å²) in [7, 11) is 0. The van der Waals surface area contributed by atoms with Crippen LogP contribution < -0.4 is 0 Å². The second kappa shape index (κ2) is 4.35. The van der Waals surface area contributed by atoms with Crippen molar-refractivity contribution in [3.63, 3.8) is 0 Å². The van der Waals surface area contributed by atoms with E-state index < -0.39 is 0 Å². The Hall–Kier alpha value is 0.444. The topological polar surface area (TPSA) is 34.1 Å². The average Bonchev–Trinajstić information content (AvgIpc) is 1.59.